The Labute approximate surface area is 202 Å². The van der Waals surface area contributed by atoms with Crippen molar-refractivity contribution in [1.82, 2.24) is 4.98 Å². The summed E-state index contributed by atoms with van der Waals surface area (Å²) < 4.78 is 29.1. The zero-order valence-electron chi connectivity index (χ0n) is 19.3. The lowest BCUT2D eigenvalue weighted by molar-refractivity contribution is 0.121. The lowest BCUT2D eigenvalue weighted by Gasteiger charge is -2.14. The van der Waals surface area contributed by atoms with E-state index >= 15 is 0 Å². The normalized spacial score (nSPS) is 11.6. The van der Waals surface area contributed by atoms with Crippen LogP contribution in [-0.2, 0) is 9.47 Å². The number of nitrogens with zero attached hydrogens (tertiary/aromatic N) is 1. The summed E-state index contributed by atoms with van der Waals surface area (Å²) in [6.45, 7) is 2.63. The van der Waals surface area contributed by atoms with Gasteiger partial charge in [0.15, 0.2) is 0 Å². The molecule has 0 radical (unpaired) electrons. The first-order valence-electron chi connectivity index (χ1n) is 11.0. The lowest BCUT2D eigenvalue weighted by atomic mass is 10.1. The van der Waals surface area contributed by atoms with E-state index in [-0.39, 0.29) is 5.82 Å². The highest BCUT2D eigenvalue weighted by Crippen LogP contribution is 2.32. The smallest absolute Gasteiger partial charge is 0.412 e. The Morgan fingerprint density at radius 3 is 2.51 bits per heavy atom. The fourth-order valence-corrected chi connectivity index (χ4v) is 3.67. The number of ether oxygens (including phenoxy) is 3. The van der Waals surface area contributed by atoms with Gasteiger partial charge in [-0.3, -0.25) is 5.32 Å². The molecule has 0 aliphatic heterocycles. The van der Waals surface area contributed by atoms with Crippen LogP contribution in [0, 0.1) is 17.1 Å². The molecule has 1 amide bonds. The highest BCUT2D eigenvalue weighted by atomic mass is 19.1. The Morgan fingerprint density at radius 1 is 1.09 bits per heavy atom. The van der Waals surface area contributed by atoms with E-state index in [4.69, 9.17) is 14.2 Å². The van der Waals surface area contributed by atoms with Crippen LogP contribution in [0.2, 0.25) is 0 Å². The van der Waals surface area contributed by atoms with Crippen LogP contribution in [0.15, 0.2) is 66.7 Å². The first kappa shape index (κ1) is 23.8. The molecule has 0 bridgehead atoms. The van der Waals surface area contributed by atoms with Gasteiger partial charge in [0.25, 0.3) is 0 Å². The molecule has 0 saturated heterocycles. The highest BCUT2D eigenvalue weighted by Gasteiger charge is 2.15. The molecule has 35 heavy (non-hydrogen) atoms. The number of hydrogen-bond acceptors (Lipinski definition) is 5. The molecule has 0 fully saturated rings. The molecule has 0 spiro atoms. The van der Waals surface area contributed by atoms with E-state index in [9.17, 15) is 14.4 Å². The predicted octanol–water partition coefficient (Wildman–Crippen LogP) is 6.18. The van der Waals surface area contributed by atoms with E-state index in [1.807, 2.05) is 18.2 Å². The number of nitrogens with one attached hydrogen (secondary N) is 2. The number of aromatic amines is 1. The fraction of sp³-hybridized carbons (Fsp3) is 0.185. The van der Waals surface area contributed by atoms with Crippen molar-refractivity contribution in [1.29, 1.82) is 5.26 Å². The zero-order valence-corrected chi connectivity index (χ0v) is 19.3. The first-order valence-corrected chi connectivity index (χ1v) is 11.0. The summed E-state index contributed by atoms with van der Waals surface area (Å²) in [6.07, 6.45) is -1.17. The van der Waals surface area contributed by atoms with Gasteiger partial charge in [0, 0.05) is 24.2 Å². The first-order chi connectivity index (χ1) is 17.0. The molecule has 3 aromatic carbocycles. The Morgan fingerprint density at radius 2 is 1.83 bits per heavy atom. The fourth-order valence-electron chi connectivity index (χ4n) is 3.67. The van der Waals surface area contributed by atoms with E-state index in [0.717, 1.165) is 16.5 Å². The van der Waals surface area contributed by atoms with Crippen molar-refractivity contribution < 1.29 is 23.4 Å². The molecule has 1 aromatic heterocycles. The summed E-state index contributed by atoms with van der Waals surface area (Å²) in [5.41, 5.74) is 4.00. The maximum absolute atomic E-state index is 13.1. The molecule has 1 atom stereocenters. The number of carbonyl (C=O) groups is 1. The van der Waals surface area contributed by atoms with Gasteiger partial charge in [-0.25, -0.2) is 9.18 Å². The molecular weight excluding hydrogens is 449 g/mol. The van der Waals surface area contributed by atoms with Crippen molar-refractivity contribution in [2.75, 3.05) is 25.6 Å². The van der Waals surface area contributed by atoms with Crippen LogP contribution in [0.5, 0.6) is 5.75 Å². The van der Waals surface area contributed by atoms with Crippen LogP contribution >= 0.6 is 0 Å². The largest absolute Gasteiger partial charge is 0.491 e. The van der Waals surface area contributed by atoms with Crippen molar-refractivity contribution >= 4 is 22.7 Å². The topological polar surface area (TPSA) is 96.4 Å². The number of rotatable bonds is 8. The van der Waals surface area contributed by atoms with Gasteiger partial charge in [0.1, 0.15) is 30.3 Å². The Kier molecular flexibility index (Phi) is 7.29. The van der Waals surface area contributed by atoms with Gasteiger partial charge in [0.2, 0.25) is 0 Å². The molecule has 8 heteroatoms. The molecule has 178 valence electrons. The third-order valence-electron chi connectivity index (χ3n) is 5.48. The standard InChI is InChI=1S/C27H24FN3O4/c1-17(18-3-7-20(28)8-4-18)35-27(32)30-21-9-5-19(6-10-21)26-24(16-29)23-12-11-22(15-25(23)31-26)34-14-13-33-2/h3-12,15,17,31H,13-14H2,1-2H3,(H,30,32). The van der Waals surface area contributed by atoms with Gasteiger partial charge in [-0.15, -0.1) is 0 Å². The third-order valence-corrected chi connectivity index (χ3v) is 5.48. The van der Waals surface area contributed by atoms with E-state index < -0.39 is 12.2 Å². The molecule has 4 aromatic rings. The van der Waals surface area contributed by atoms with Crippen molar-refractivity contribution in [2.45, 2.75) is 13.0 Å². The van der Waals surface area contributed by atoms with Crippen LogP contribution in [0.3, 0.4) is 0 Å². The Balaban J connectivity index is 1.46. The van der Waals surface area contributed by atoms with Gasteiger partial charge in [0.05, 0.1) is 23.4 Å². The van der Waals surface area contributed by atoms with E-state index in [1.165, 1.54) is 12.1 Å². The number of halogens is 1. The van der Waals surface area contributed by atoms with Crippen LogP contribution < -0.4 is 10.1 Å². The number of amides is 1. The van der Waals surface area contributed by atoms with E-state index in [1.54, 1.807) is 50.4 Å². The summed E-state index contributed by atoms with van der Waals surface area (Å²) in [5.74, 6) is 0.329. The van der Waals surface area contributed by atoms with Gasteiger partial charge in [-0.1, -0.05) is 24.3 Å². The number of methoxy groups -OCH3 is 1. The molecule has 0 aliphatic rings. The summed E-state index contributed by atoms with van der Waals surface area (Å²) >= 11 is 0. The van der Waals surface area contributed by atoms with Crippen molar-refractivity contribution in [3.63, 3.8) is 0 Å². The van der Waals surface area contributed by atoms with Crippen molar-refractivity contribution in [3.8, 4) is 23.1 Å². The highest BCUT2D eigenvalue weighted by molar-refractivity contribution is 5.94. The van der Waals surface area contributed by atoms with Crippen molar-refractivity contribution in [3.05, 3.63) is 83.7 Å². The minimum Gasteiger partial charge on any atom is -0.491 e. The second kappa shape index (κ2) is 10.7. The third kappa shape index (κ3) is 5.60. The van der Waals surface area contributed by atoms with E-state index in [2.05, 4.69) is 16.4 Å². The van der Waals surface area contributed by atoms with Crippen molar-refractivity contribution in [2.24, 2.45) is 0 Å². The quantitative estimate of drug-likeness (QED) is 0.298. The molecule has 1 heterocycles. The molecule has 1 unspecified atom stereocenters. The molecular formula is C27H24FN3O4. The average Bonchev–Trinajstić information content (AvgIpc) is 3.23. The molecule has 2 N–H and O–H groups in total. The summed E-state index contributed by atoms with van der Waals surface area (Å²) in [7, 11) is 1.61. The number of aromatic nitrogens is 1. The van der Waals surface area contributed by atoms with Gasteiger partial charge in [-0.05, 0) is 54.4 Å². The monoisotopic (exact) mass is 473 g/mol. The number of hydrogen-bond donors (Lipinski definition) is 2. The number of carbonyl (C=O) groups excluding carboxylic acids is 1. The van der Waals surface area contributed by atoms with Gasteiger partial charge >= 0.3 is 6.09 Å². The number of anilines is 1. The van der Waals surface area contributed by atoms with Gasteiger partial charge < -0.3 is 19.2 Å². The molecule has 7 nitrogen and oxygen atoms in total. The van der Waals surface area contributed by atoms with E-state index in [0.29, 0.717) is 41.5 Å². The SMILES string of the molecule is COCCOc1ccc2c(C#N)c(-c3ccc(NC(=O)OC(C)c4ccc(F)cc4)cc3)[nH]c2c1. The number of nitriles is 1. The summed E-state index contributed by atoms with van der Waals surface area (Å²) in [6, 6.07) is 20.6. The number of H-pyrrole nitrogens is 1. The number of benzene rings is 3. The molecule has 0 aliphatic carbocycles. The molecule has 4 rings (SSSR count). The average molecular weight is 474 g/mol. The minimum absolute atomic E-state index is 0.351. The maximum Gasteiger partial charge on any atom is 0.412 e. The molecule has 0 saturated carbocycles. The summed E-state index contributed by atoms with van der Waals surface area (Å²) in [5, 5.41) is 13.2. The van der Waals surface area contributed by atoms with Gasteiger partial charge in [-0.2, -0.15) is 5.26 Å². The zero-order chi connectivity index (χ0) is 24.8. The van der Waals surface area contributed by atoms with Crippen LogP contribution in [0.4, 0.5) is 14.9 Å². The van der Waals surface area contributed by atoms with Crippen LogP contribution in [0.1, 0.15) is 24.2 Å². The maximum atomic E-state index is 13.1. The lowest BCUT2D eigenvalue weighted by Crippen LogP contribution is -2.16. The number of fused-ring (bicyclic) bond motifs is 1. The van der Waals surface area contributed by atoms with Crippen LogP contribution in [-0.4, -0.2) is 31.4 Å². The summed E-state index contributed by atoms with van der Waals surface area (Å²) in [4.78, 5) is 15.6. The minimum atomic E-state index is -0.626. The second-order valence-corrected chi connectivity index (χ2v) is 7.84. The Hall–Kier alpha value is -4.35. The second-order valence-electron chi connectivity index (χ2n) is 7.84. The predicted molar refractivity (Wildman–Crippen MR) is 131 cm³/mol. The Bertz CT molecular complexity index is 1360. The van der Waals surface area contributed by atoms with Crippen LogP contribution in [0.25, 0.3) is 22.2 Å².